The van der Waals surface area contributed by atoms with Crippen LogP contribution in [0.2, 0.25) is 0 Å². The summed E-state index contributed by atoms with van der Waals surface area (Å²) in [6, 6.07) is 10.4. The summed E-state index contributed by atoms with van der Waals surface area (Å²) < 4.78 is 5.01. The number of hydrogen-bond donors (Lipinski definition) is 1. The summed E-state index contributed by atoms with van der Waals surface area (Å²) in [5.41, 5.74) is 3.27. The molecule has 0 unspecified atom stereocenters. The molecule has 1 aromatic heterocycles. The van der Waals surface area contributed by atoms with Crippen molar-refractivity contribution in [3.8, 4) is 11.3 Å². The van der Waals surface area contributed by atoms with Crippen LogP contribution in [0.5, 0.6) is 0 Å². The Bertz CT molecular complexity index is 524. The predicted molar refractivity (Wildman–Crippen MR) is 73.7 cm³/mol. The minimum Gasteiger partial charge on any atom is -0.388 e. The average molecular weight is 257 g/mol. The zero-order chi connectivity index (χ0) is 13.1. The number of aromatic nitrogens is 1. The number of rotatable bonds is 3. The van der Waals surface area contributed by atoms with E-state index in [0.717, 1.165) is 17.2 Å². The number of aliphatic hydroxyl groups excluding tert-OH is 1. The summed E-state index contributed by atoms with van der Waals surface area (Å²) in [4.78, 5) is 0. The first kappa shape index (κ1) is 12.4. The number of aliphatic hydroxyl groups is 1. The van der Waals surface area contributed by atoms with Crippen molar-refractivity contribution in [1.29, 1.82) is 0 Å². The van der Waals surface area contributed by atoms with Gasteiger partial charge in [-0.1, -0.05) is 48.7 Å². The third-order valence-corrected chi connectivity index (χ3v) is 4.00. The quantitative estimate of drug-likeness (QED) is 0.907. The van der Waals surface area contributed by atoms with Gasteiger partial charge in [-0.05, 0) is 24.3 Å². The van der Waals surface area contributed by atoms with Gasteiger partial charge < -0.3 is 9.63 Å². The van der Waals surface area contributed by atoms with Gasteiger partial charge in [-0.2, -0.15) is 0 Å². The normalized spacial score (nSPS) is 16.7. The summed E-state index contributed by atoms with van der Waals surface area (Å²) >= 11 is 0. The zero-order valence-electron chi connectivity index (χ0n) is 11.0. The van der Waals surface area contributed by atoms with Crippen LogP contribution in [-0.4, -0.2) is 10.3 Å². The molecule has 1 aliphatic carbocycles. The lowest BCUT2D eigenvalue weighted by atomic mass is 9.84. The summed E-state index contributed by atoms with van der Waals surface area (Å²) in [6.07, 6.45) is 6.73. The molecule has 0 aliphatic heterocycles. The van der Waals surface area contributed by atoms with Crippen molar-refractivity contribution < 1.29 is 9.63 Å². The van der Waals surface area contributed by atoms with Gasteiger partial charge in [-0.15, -0.1) is 0 Å². The molecule has 3 rings (SSSR count). The highest BCUT2D eigenvalue weighted by atomic mass is 16.5. The number of nitrogens with zero attached hydrogens (tertiary/aromatic N) is 1. The van der Waals surface area contributed by atoms with Gasteiger partial charge in [0.2, 0.25) is 0 Å². The Hall–Kier alpha value is -1.61. The Morgan fingerprint density at radius 1 is 1.11 bits per heavy atom. The van der Waals surface area contributed by atoms with Crippen LogP contribution in [-0.2, 0) is 6.61 Å². The Morgan fingerprint density at radius 2 is 1.84 bits per heavy atom. The van der Waals surface area contributed by atoms with Crippen molar-refractivity contribution in [1.82, 2.24) is 5.16 Å². The highest BCUT2D eigenvalue weighted by Gasteiger charge is 2.15. The van der Waals surface area contributed by atoms with E-state index in [2.05, 4.69) is 29.4 Å². The van der Waals surface area contributed by atoms with Crippen molar-refractivity contribution in [2.75, 3.05) is 0 Å². The van der Waals surface area contributed by atoms with E-state index in [9.17, 15) is 0 Å². The first-order chi connectivity index (χ1) is 9.36. The Balaban J connectivity index is 1.78. The molecule has 3 heteroatoms. The summed E-state index contributed by atoms with van der Waals surface area (Å²) in [6.45, 7) is -0.104. The fourth-order valence-electron chi connectivity index (χ4n) is 2.89. The Labute approximate surface area is 113 Å². The lowest BCUT2D eigenvalue weighted by Gasteiger charge is -2.21. The van der Waals surface area contributed by atoms with E-state index in [1.165, 1.54) is 37.7 Å². The molecule has 1 N–H and O–H groups in total. The molecule has 0 radical (unpaired) electrons. The van der Waals surface area contributed by atoms with Gasteiger partial charge in [0.05, 0.1) is 0 Å². The van der Waals surface area contributed by atoms with E-state index >= 15 is 0 Å². The maximum atomic E-state index is 8.98. The Kier molecular flexibility index (Phi) is 3.65. The first-order valence-corrected chi connectivity index (χ1v) is 7.03. The molecule has 3 nitrogen and oxygen atoms in total. The summed E-state index contributed by atoms with van der Waals surface area (Å²) in [7, 11) is 0. The monoisotopic (exact) mass is 257 g/mol. The molecule has 1 heterocycles. The lowest BCUT2D eigenvalue weighted by Crippen LogP contribution is -2.04. The number of hydrogen-bond acceptors (Lipinski definition) is 3. The van der Waals surface area contributed by atoms with Crippen LogP contribution in [0.4, 0.5) is 0 Å². The highest BCUT2D eigenvalue weighted by molar-refractivity contribution is 5.59. The van der Waals surface area contributed by atoms with Gasteiger partial charge >= 0.3 is 0 Å². The van der Waals surface area contributed by atoms with Gasteiger partial charge in [-0.25, -0.2) is 0 Å². The minimum absolute atomic E-state index is 0.104. The van der Waals surface area contributed by atoms with Crippen molar-refractivity contribution in [2.24, 2.45) is 0 Å². The summed E-state index contributed by atoms with van der Waals surface area (Å²) in [5.74, 6) is 1.24. The average Bonchev–Trinajstić information content (AvgIpc) is 2.97. The SMILES string of the molecule is OCc1cc(-c2ccc(C3CCCCC3)cc2)no1. The molecule has 100 valence electrons. The molecule has 0 atom stereocenters. The molecule has 2 aromatic rings. The van der Waals surface area contributed by atoms with Gasteiger partial charge in [0.1, 0.15) is 12.3 Å². The van der Waals surface area contributed by atoms with Gasteiger partial charge in [0, 0.05) is 11.6 Å². The third-order valence-electron chi connectivity index (χ3n) is 4.00. The maximum absolute atomic E-state index is 8.98. The van der Waals surface area contributed by atoms with Gasteiger partial charge in [0.15, 0.2) is 5.76 Å². The molecule has 1 saturated carbocycles. The van der Waals surface area contributed by atoms with Crippen LogP contribution in [0.25, 0.3) is 11.3 Å². The maximum Gasteiger partial charge on any atom is 0.162 e. The van der Waals surface area contributed by atoms with Crippen molar-refractivity contribution in [3.63, 3.8) is 0 Å². The van der Waals surface area contributed by atoms with Crippen molar-refractivity contribution >= 4 is 0 Å². The van der Waals surface area contributed by atoms with Crippen LogP contribution in [0.15, 0.2) is 34.9 Å². The second-order valence-electron chi connectivity index (χ2n) is 5.29. The summed E-state index contributed by atoms with van der Waals surface area (Å²) in [5, 5.41) is 12.9. The molecule has 0 spiro atoms. The predicted octanol–water partition coefficient (Wildman–Crippen LogP) is 3.88. The van der Waals surface area contributed by atoms with E-state index in [4.69, 9.17) is 9.63 Å². The van der Waals surface area contributed by atoms with E-state index in [1.54, 1.807) is 6.07 Å². The van der Waals surface area contributed by atoms with Gasteiger partial charge in [0.25, 0.3) is 0 Å². The standard InChI is InChI=1S/C16H19NO2/c18-11-15-10-16(17-19-15)14-8-6-13(7-9-14)12-4-2-1-3-5-12/h6-10,12,18H,1-5,11H2. The topological polar surface area (TPSA) is 46.3 Å². The van der Waals surface area contributed by atoms with Crippen LogP contribution < -0.4 is 0 Å². The molecule has 0 bridgehead atoms. The fraction of sp³-hybridized carbons (Fsp3) is 0.438. The van der Waals surface area contributed by atoms with Crippen LogP contribution in [0, 0.1) is 0 Å². The van der Waals surface area contributed by atoms with Crippen molar-refractivity contribution in [3.05, 3.63) is 41.7 Å². The largest absolute Gasteiger partial charge is 0.388 e. The van der Waals surface area contributed by atoms with Crippen LogP contribution in [0.3, 0.4) is 0 Å². The number of benzene rings is 1. The lowest BCUT2D eigenvalue weighted by molar-refractivity contribution is 0.229. The van der Waals surface area contributed by atoms with E-state index in [0.29, 0.717) is 5.76 Å². The zero-order valence-corrected chi connectivity index (χ0v) is 11.0. The van der Waals surface area contributed by atoms with E-state index < -0.39 is 0 Å². The fourth-order valence-corrected chi connectivity index (χ4v) is 2.89. The minimum atomic E-state index is -0.104. The second-order valence-corrected chi connectivity index (χ2v) is 5.29. The molecule has 1 aromatic carbocycles. The molecule has 1 aliphatic rings. The molecular formula is C16H19NO2. The molecule has 1 fully saturated rings. The Morgan fingerprint density at radius 3 is 2.47 bits per heavy atom. The van der Waals surface area contributed by atoms with Crippen LogP contribution in [0.1, 0.15) is 49.3 Å². The first-order valence-electron chi connectivity index (χ1n) is 7.03. The van der Waals surface area contributed by atoms with Gasteiger partial charge in [-0.3, -0.25) is 0 Å². The van der Waals surface area contributed by atoms with E-state index in [1.807, 2.05) is 0 Å². The van der Waals surface area contributed by atoms with E-state index in [-0.39, 0.29) is 6.61 Å². The molecule has 19 heavy (non-hydrogen) atoms. The highest BCUT2D eigenvalue weighted by Crippen LogP contribution is 2.33. The molecule has 0 saturated heterocycles. The molecular weight excluding hydrogens is 238 g/mol. The molecule has 0 amide bonds. The van der Waals surface area contributed by atoms with Crippen molar-refractivity contribution in [2.45, 2.75) is 44.6 Å². The smallest absolute Gasteiger partial charge is 0.162 e. The third kappa shape index (κ3) is 2.71. The van der Waals surface area contributed by atoms with Crippen LogP contribution >= 0.6 is 0 Å². The second kappa shape index (κ2) is 5.57.